The summed E-state index contributed by atoms with van der Waals surface area (Å²) in [5, 5.41) is 14.6. The SMILES string of the molecule is CC(C)CC(CNC(=O)NCC1CCCCN1C)C(=O)O. The lowest BCUT2D eigenvalue weighted by Crippen LogP contribution is -2.48. The zero-order valence-electron chi connectivity index (χ0n) is 13.4. The van der Waals surface area contributed by atoms with Crippen molar-refractivity contribution in [3.05, 3.63) is 0 Å². The van der Waals surface area contributed by atoms with Crippen LogP contribution in [0.1, 0.15) is 39.5 Å². The molecule has 6 nitrogen and oxygen atoms in total. The molecule has 1 saturated heterocycles. The molecule has 3 N–H and O–H groups in total. The number of nitrogens with zero attached hydrogens (tertiary/aromatic N) is 1. The Labute approximate surface area is 127 Å². The largest absolute Gasteiger partial charge is 0.481 e. The molecular formula is C15H29N3O3. The van der Waals surface area contributed by atoms with E-state index < -0.39 is 11.9 Å². The molecule has 2 atom stereocenters. The monoisotopic (exact) mass is 299 g/mol. The van der Waals surface area contributed by atoms with Crippen LogP contribution in [0.5, 0.6) is 0 Å². The maximum absolute atomic E-state index is 11.8. The summed E-state index contributed by atoms with van der Waals surface area (Å²) >= 11 is 0. The van der Waals surface area contributed by atoms with E-state index in [1.54, 1.807) is 0 Å². The van der Waals surface area contributed by atoms with E-state index in [1.165, 1.54) is 12.8 Å². The number of likely N-dealkylation sites (N-methyl/N-ethyl adjacent to an activating group) is 1. The van der Waals surface area contributed by atoms with Crippen molar-refractivity contribution >= 4 is 12.0 Å². The average molecular weight is 299 g/mol. The standard InChI is InChI=1S/C15H29N3O3/c1-11(2)8-12(14(19)20)9-16-15(21)17-10-13-6-4-5-7-18(13)3/h11-13H,4-10H2,1-3H3,(H,19,20)(H2,16,17,21). The summed E-state index contributed by atoms with van der Waals surface area (Å²) in [7, 11) is 2.08. The molecule has 122 valence electrons. The average Bonchev–Trinajstić information content (AvgIpc) is 2.41. The lowest BCUT2D eigenvalue weighted by atomic mass is 9.97. The molecule has 0 radical (unpaired) electrons. The van der Waals surface area contributed by atoms with Gasteiger partial charge in [-0.25, -0.2) is 4.79 Å². The fourth-order valence-corrected chi connectivity index (χ4v) is 2.73. The lowest BCUT2D eigenvalue weighted by molar-refractivity contribution is -0.142. The minimum absolute atomic E-state index is 0.180. The van der Waals surface area contributed by atoms with E-state index in [4.69, 9.17) is 5.11 Å². The summed E-state index contributed by atoms with van der Waals surface area (Å²) in [5.74, 6) is -1.07. The van der Waals surface area contributed by atoms with Crippen molar-refractivity contribution in [2.75, 3.05) is 26.7 Å². The van der Waals surface area contributed by atoms with Gasteiger partial charge >= 0.3 is 12.0 Å². The van der Waals surface area contributed by atoms with Crippen LogP contribution in [-0.2, 0) is 4.79 Å². The van der Waals surface area contributed by atoms with Crippen LogP contribution >= 0.6 is 0 Å². The van der Waals surface area contributed by atoms with Crippen LogP contribution in [0.25, 0.3) is 0 Å². The minimum atomic E-state index is -0.851. The number of hydrogen-bond acceptors (Lipinski definition) is 3. The molecule has 1 heterocycles. The Hall–Kier alpha value is -1.30. The highest BCUT2D eigenvalue weighted by molar-refractivity contribution is 5.75. The Morgan fingerprint density at radius 3 is 2.57 bits per heavy atom. The van der Waals surface area contributed by atoms with Crippen molar-refractivity contribution in [3.8, 4) is 0 Å². The van der Waals surface area contributed by atoms with Crippen molar-refractivity contribution in [2.24, 2.45) is 11.8 Å². The molecule has 1 aliphatic rings. The van der Waals surface area contributed by atoms with Crippen molar-refractivity contribution in [1.29, 1.82) is 0 Å². The second-order valence-electron chi connectivity index (χ2n) is 6.39. The zero-order chi connectivity index (χ0) is 15.8. The summed E-state index contributed by atoms with van der Waals surface area (Å²) in [6, 6.07) is 0.111. The zero-order valence-corrected chi connectivity index (χ0v) is 13.4. The highest BCUT2D eigenvalue weighted by atomic mass is 16.4. The molecular weight excluding hydrogens is 270 g/mol. The first-order valence-electron chi connectivity index (χ1n) is 7.85. The Morgan fingerprint density at radius 2 is 2.00 bits per heavy atom. The molecule has 1 fully saturated rings. The number of urea groups is 1. The Kier molecular flexibility index (Phi) is 7.50. The minimum Gasteiger partial charge on any atom is -0.481 e. The van der Waals surface area contributed by atoms with Gasteiger partial charge in [0, 0.05) is 19.1 Å². The second-order valence-corrected chi connectivity index (χ2v) is 6.39. The molecule has 1 rings (SSSR count). The number of nitrogens with one attached hydrogen (secondary N) is 2. The fourth-order valence-electron chi connectivity index (χ4n) is 2.73. The number of rotatable bonds is 7. The van der Waals surface area contributed by atoms with Crippen molar-refractivity contribution in [1.82, 2.24) is 15.5 Å². The third kappa shape index (κ3) is 6.80. The molecule has 21 heavy (non-hydrogen) atoms. The van der Waals surface area contributed by atoms with Crippen LogP contribution in [0, 0.1) is 11.8 Å². The van der Waals surface area contributed by atoms with Gasteiger partial charge in [-0.2, -0.15) is 0 Å². The van der Waals surface area contributed by atoms with Crippen LogP contribution in [-0.4, -0.2) is 54.7 Å². The maximum Gasteiger partial charge on any atom is 0.314 e. The van der Waals surface area contributed by atoms with Gasteiger partial charge in [0.1, 0.15) is 0 Å². The van der Waals surface area contributed by atoms with E-state index in [-0.39, 0.29) is 12.6 Å². The molecule has 0 aromatic heterocycles. The molecule has 1 aliphatic heterocycles. The molecule has 2 amide bonds. The first kappa shape index (κ1) is 17.8. The van der Waals surface area contributed by atoms with E-state index in [9.17, 15) is 9.59 Å². The number of carboxylic acids is 1. The van der Waals surface area contributed by atoms with Crippen LogP contribution < -0.4 is 10.6 Å². The van der Waals surface area contributed by atoms with E-state index in [2.05, 4.69) is 22.6 Å². The van der Waals surface area contributed by atoms with E-state index in [0.717, 1.165) is 13.0 Å². The van der Waals surface area contributed by atoms with Gasteiger partial charge in [-0.05, 0) is 38.8 Å². The Bertz CT molecular complexity index is 347. The summed E-state index contributed by atoms with van der Waals surface area (Å²) in [6.45, 7) is 5.83. The molecule has 0 spiro atoms. The number of carboxylic acid groups (broad SMARTS) is 1. The molecule has 0 bridgehead atoms. The van der Waals surface area contributed by atoms with E-state index in [0.29, 0.717) is 24.9 Å². The van der Waals surface area contributed by atoms with Crippen LogP contribution in [0.15, 0.2) is 0 Å². The first-order valence-corrected chi connectivity index (χ1v) is 7.85. The number of carbonyl (C=O) groups excluding carboxylic acids is 1. The van der Waals surface area contributed by atoms with Gasteiger partial charge in [-0.15, -0.1) is 0 Å². The topological polar surface area (TPSA) is 81.7 Å². The van der Waals surface area contributed by atoms with Gasteiger partial charge in [0.25, 0.3) is 0 Å². The normalized spacial score (nSPS) is 21.0. The third-order valence-electron chi connectivity index (χ3n) is 4.03. The molecule has 6 heteroatoms. The highest BCUT2D eigenvalue weighted by Crippen LogP contribution is 2.14. The summed E-state index contributed by atoms with van der Waals surface area (Å²) < 4.78 is 0. The molecule has 0 aromatic carbocycles. The van der Waals surface area contributed by atoms with Crippen molar-refractivity contribution in [2.45, 2.75) is 45.6 Å². The van der Waals surface area contributed by atoms with Crippen LogP contribution in [0.2, 0.25) is 0 Å². The second kappa shape index (κ2) is 8.87. The molecule has 0 saturated carbocycles. The highest BCUT2D eigenvalue weighted by Gasteiger charge is 2.21. The van der Waals surface area contributed by atoms with Gasteiger partial charge in [-0.3, -0.25) is 4.79 Å². The lowest BCUT2D eigenvalue weighted by Gasteiger charge is -2.32. The van der Waals surface area contributed by atoms with E-state index in [1.807, 2.05) is 13.8 Å². The van der Waals surface area contributed by atoms with Crippen molar-refractivity contribution in [3.63, 3.8) is 0 Å². The third-order valence-corrected chi connectivity index (χ3v) is 4.03. The predicted molar refractivity (Wildman–Crippen MR) is 82.3 cm³/mol. The summed E-state index contributed by atoms with van der Waals surface area (Å²) in [6.07, 6.45) is 4.09. The number of likely N-dealkylation sites (tertiary alicyclic amines) is 1. The molecule has 0 aromatic rings. The van der Waals surface area contributed by atoms with Gasteiger partial charge < -0.3 is 20.6 Å². The van der Waals surface area contributed by atoms with E-state index >= 15 is 0 Å². The van der Waals surface area contributed by atoms with Crippen LogP contribution in [0.4, 0.5) is 4.79 Å². The van der Waals surface area contributed by atoms with Gasteiger partial charge in [0.2, 0.25) is 0 Å². The van der Waals surface area contributed by atoms with Crippen molar-refractivity contribution < 1.29 is 14.7 Å². The number of hydrogen-bond donors (Lipinski definition) is 3. The number of piperidine rings is 1. The fraction of sp³-hybridized carbons (Fsp3) is 0.867. The molecule has 0 aliphatic carbocycles. The Morgan fingerprint density at radius 1 is 1.29 bits per heavy atom. The smallest absolute Gasteiger partial charge is 0.314 e. The van der Waals surface area contributed by atoms with Gasteiger partial charge in [0.05, 0.1) is 5.92 Å². The number of aliphatic carboxylic acids is 1. The summed E-state index contributed by atoms with van der Waals surface area (Å²) in [4.78, 5) is 25.2. The summed E-state index contributed by atoms with van der Waals surface area (Å²) in [5.41, 5.74) is 0. The Balaban J connectivity index is 2.27. The molecule has 2 unspecified atom stereocenters. The predicted octanol–water partition coefficient (Wildman–Crippen LogP) is 1.52. The first-order chi connectivity index (χ1) is 9.90. The quantitative estimate of drug-likeness (QED) is 0.665. The maximum atomic E-state index is 11.8. The van der Waals surface area contributed by atoms with Gasteiger partial charge in [0.15, 0.2) is 0 Å². The number of amides is 2. The number of carbonyl (C=O) groups is 2. The van der Waals surface area contributed by atoms with Gasteiger partial charge in [-0.1, -0.05) is 20.3 Å². The van der Waals surface area contributed by atoms with Crippen LogP contribution in [0.3, 0.4) is 0 Å².